The van der Waals surface area contributed by atoms with Crippen LogP contribution in [0.1, 0.15) is 87.2 Å². The van der Waals surface area contributed by atoms with Gasteiger partial charge in [0, 0.05) is 41.0 Å². The van der Waals surface area contributed by atoms with E-state index in [0.717, 1.165) is 42.3 Å². The van der Waals surface area contributed by atoms with Crippen molar-refractivity contribution in [2.45, 2.75) is 51.6 Å². The lowest BCUT2D eigenvalue weighted by molar-refractivity contribution is -0.0130. The number of aliphatic hydroxyl groups is 2. The summed E-state index contributed by atoms with van der Waals surface area (Å²) in [5, 5.41) is 125. The van der Waals surface area contributed by atoms with Gasteiger partial charge in [-0.3, -0.25) is 14.4 Å². The van der Waals surface area contributed by atoms with Gasteiger partial charge in [-0.25, -0.2) is 4.79 Å². The Bertz CT molecular complexity index is 4250. The molecule has 0 unspecified atom stereocenters. The van der Waals surface area contributed by atoms with Crippen LogP contribution in [0.4, 0.5) is 0 Å². The minimum absolute atomic E-state index is 0.0540. The number of methoxy groups -OCH3 is 2. The third-order valence-corrected chi connectivity index (χ3v) is 13.7. The molecule has 0 spiro atoms. The molecule has 0 radical (unpaired) electrons. The molecule has 0 saturated heterocycles. The molecular weight excluding hydrogens is 1230 g/mol. The van der Waals surface area contributed by atoms with Crippen molar-refractivity contribution in [1.29, 1.82) is 0 Å². The van der Waals surface area contributed by atoms with Crippen molar-refractivity contribution in [2.24, 2.45) is 0 Å². The van der Waals surface area contributed by atoms with Gasteiger partial charge in [0.2, 0.25) is 17.0 Å². The fraction of sp³-hybridized carbons (Fsp3) is 0.188. The Morgan fingerprint density at radius 2 is 1.16 bits per heavy atom. The summed E-state index contributed by atoms with van der Waals surface area (Å²) in [6.45, 7) is 6.24. The Labute approximate surface area is 535 Å². The molecule has 0 fully saturated rings. The zero-order chi connectivity index (χ0) is 68.5. The lowest BCUT2D eigenvalue weighted by Crippen LogP contribution is -2.37. The number of ketones is 1. The number of aldehydes is 1. The first-order chi connectivity index (χ1) is 45.0. The molecule has 0 saturated carbocycles. The lowest BCUT2D eigenvalue weighted by atomic mass is 9.92. The average Bonchev–Trinajstić information content (AvgIpc) is 0.784. The number of aliphatic hydroxyl groups excluding tert-OH is 2. The van der Waals surface area contributed by atoms with Gasteiger partial charge >= 0.3 is 5.97 Å². The molecule has 94 heavy (non-hydrogen) atoms. The third-order valence-electron chi connectivity index (χ3n) is 13.7. The van der Waals surface area contributed by atoms with Gasteiger partial charge in [-0.2, -0.15) is 0 Å². The van der Waals surface area contributed by atoms with Crippen LogP contribution in [0.3, 0.4) is 0 Å². The highest BCUT2D eigenvalue weighted by Crippen LogP contribution is 2.47. The number of hydrogen-bond donors (Lipinski definition) is 13. The number of ether oxygens (including phenoxy) is 7. The summed E-state index contributed by atoms with van der Waals surface area (Å²) in [4.78, 5) is 46.4. The molecule has 4 atom stereocenters. The summed E-state index contributed by atoms with van der Waals surface area (Å²) in [6, 6.07) is 32.8. The van der Waals surface area contributed by atoms with Crippen molar-refractivity contribution in [1.82, 2.24) is 0 Å². The van der Waals surface area contributed by atoms with Gasteiger partial charge in [-0.15, -0.1) is 0 Å². The number of carbonyl (C=O) groups is 3. The summed E-state index contributed by atoms with van der Waals surface area (Å²) in [5.74, 6) is -2.65. The number of allylic oxidation sites excluding steroid dienone is 1. The van der Waals surface area contributed by atoms with Crippen molar-refractivity contribution in [3.63, 3.8) is 0 Å². The van der Waals surface area contributed by atoms with Crippen molar-refractivity contribution in [2.75, 3.05) is 34.0 Å². The predicted molar refractivity (Wildman–Crippen MR) is 338 cm³/mol. The number of carbonyl (C=O) groups excluding carboxylic acids is 3. The van der Waals surface area contributed by atoms with Crippen LogP contribution in [0.15, 0.2) is 155 Å². The van der Waals surface area contributed by atoms with Gasteiger partial charge in [-0.05, 0) is 128 Å². The van der Waals surface area contributed by atoms with Crippen LogP contribution >= 0.6 is 0 Å². The highest BCUT2D eigenvalue weighted by atomic mass is 16.6. The molecule has 492 valence electrons. The molecule has 11 rings (SSSR count). The quantitative estimate of drug-likeness (QED) is 0.0290. The molecule has 0 amide bonds. The van der Waals surface area contributed by atoms with E-state index in [1.807, 2.05) is 39.0 Å². The fourth-order valence-electron chi connectivity index (χ4n) is 9.16. The zero-order valence-corrected chi connectivity index (χ0v) is 50.9. The normalized spacial score (nSPS) is 14.9. The van der Waals surface area contributed by atoms with Crippen LogP contribution in [0.2, 0.25) is 0 Å². The van der Waals surface area contributed by atoms with E-state index in [1.54, 1.807) is 42.5 Å². The van der Waals surface area contributed by atoms with E-state index in [0.29, 0.717) is 59.0 Å². The minimum atomic E-state index is -1.62. The molecule has 1 aromatic heterocycles. The first kappa shape index (κ1) is 69.5. The predicted octanol–water partition coefficient (Wildman–Crippen LogP) is 10.3. The largest absolute Gasteiger partial charge is 0.508 e. The van der Waals surface area contributed by atoms with E-state index in [9.17, 15) is 80.5 Å². The molecule has 9 aromatic rings. The van der Waals surface area contributed by atoms with E-state index in [2.05, 4.69) is 0 Å². The minimum Gasteiger partial charge on any atom is -0.508 e. The van der Waals surface area contributed by atoms with Crippen LogP contribution in [0.5, 0.6) is 97.7 Å². The number of fused-ring (bicyclic) bond motifs is 3. The number of Topliss-reactive ketones (excluding diaryl/α,β-unsaturated/α-hetero) is 1. The number of aromatic hydroxyl groups is 11. The van der Waals surface area contributed by atoms with E-state index in [4.69, 9.17) is 42.7 Å². The monoisotopic (exact) mass is 1290 g/mol. The summed E-state index contributed by atoms with van der Waals surface area (Å²) < 4.78 is 43.3. The molecule has 0 aliphatic carbocycles. The summed E-state index contributed by atoms with van der Waals surface area (Å²) in [5.41, 5.74) is 1.84. The number of rotatable bonds is 13. The first-order valence-corrected chi connectivity index (χ1v) is 28.5. The second-order valence-electron chi connectivity index (χ2n) is 20.2. The van der Waals surface area contributed by atoms with E-state index in [-0.39, 0.29) is 97.9 Å². The Kier molecular flexibility index (Phi) is 23.4. The van der Waals surface area contributed by atoms with Gasteiger partial charge in [0.25, 0.3) is 0 Å². The standard InChI is InChI=1S/C25H22O10.C15H10O7.C10H12O3.C10H12O2.C9H10O3/c1-32-17-6-11(2-4-14(17)28)24-20(10-26)33-16-5-3-12(7-18(16)34-24)25-23(31)22(30)21-15(29)8-13(27)9-19(21)35-25;16-7-4-10(19)12-11(5-7)22-15(14(21)13(12)20)6-1-2-8(17)9(18)3-6;1-2-7-13-10(12)8-3-5-9(11)6-4-8;1-3-4-8-5-6-9(11)10(7-8)12-2;1-2-12-9-5-7(6-10)3-4-8(9)11/h2-9,20,23-29,31H,10H2,1H3;1-5,16-19,21H;3-6,11H,2,7H2,1H3;3-7,11H,1-2H3;3-6,11H,2H2,1H3/b;;;4-3+;/t20-,23+,24-,25-;;;;/m1..../s1. The summed E-state index contributed by atoms with van der Waals surface area (Å²) in [7, 11) is 2.95. The Morgan fingerprint density at radius 1 is 0.564 bits per heavy atom. The molecule has 2 aliphatic heterocycles. The zero-order valence-electron chi connectivity index (χ0n) is 50.9. The second-order valence-corrected chi connectivity index (χ2v) is 20.2. The number of phenolic OH excluding ortho intramolecular Hbond substituents is 10. The maximum absolute atomic E-state index is 12.7. The lowest BCUT2D eigenvalue weighted by Gasteiger charge is -2.35. The second kappa shape index (κ2) is 31.7. The topological polar surface area (TPSA) is 409 Å². The Hall–Kier alpha value is -12.0. The average molecular weight is 1300 g/mol. The molecule has 8 aromatic carbocycles. The van der Waals surface area contributed by atoms with E-state index < -0.39 is 58.6 Å². The van der Waals surface area contributed by atoms with Gasteiger partial charge in [0.1, 0.15) is 57.3 Å². The van der Waals surface area contributed by atoms with Crippen molar-refractivity contribution in [3.8, 4) is 109 Å². The number of benzene rings is 8. The van der Waals surface area contributed by atoms with Gasteiger partial charge in [-0.1, -0.05) is 37.3 Å². The molecule has 2 aliphatic rings. The van der Waals surface area contributed by atoms with Gasteiger partial charge in [0.05, 0.1) is 39.6 Å². The molecule has 25 heteroatoms. The maximum atomic E-state index is 12.7. The van der Waals surface area contributed by atoms with E-state index in [1.165, 1.54) is 74.9 Å². The highest BCUT2D eigenvalue weighted by molar-refractivity contribution is 6.05. The third kappa shape index (κ3) is 16.7. The van der Waals surface area contributed by atoms with Gasteiger partial charge in [0.15, 0.2) is 87.7 Å². The van der Waals surface area contributed by atoms with Crippen molar-refractivity contribution < 1.29 is 118 Å². The molecule has 3 heterocycles. The fourth-order valence-corrected chi connectivity index (χ4v) is 9.16. The van der Waals surface area contributed by atoms with Crippen LogP contribution in [-0.4, -0.2) is 131 Å². The molecule has 0 bridgehead atoms. The Morgan fingerprint density at radius 3 is 1.80 bits per heavy atom. The maximum Gasteiger partial charge on any atom is 0.338 e. The molecule has 25 nitrogen and oxygen atoms in total. The summed E-state index contributed by atoms with van der Waals surface area (Å²) >= 11 is 0. The Balaban J connectivity index is 0.000000181. The number of hydrogen-bond acceptors (Lipinski definition) is 25. The van der Waals surface area contributed by atoms with Gasteiger partial charge < -0.3 is 104 Å². The summed E-state index contributed by atoms with van der Waals surface area (Å²) in [6.07, 6.45) is 1.12. The van der Waals surface area contributed by atoms with Crippen molar-refractivity contribution in [3.05, 3.63) is 189 Å². The number of esters is 1. The van der Waals surface area contributed by atoms with Crippen LogP contribution in [0.25, 0.3) is 28.4 Å². The van der Waals surface area contributed by atoms with E-state index >= 15 is 0 Å². The molecular formula is C69H66O25. The smallest absolute Gasteiger partial charge is 0.338 e. The molecule has 13 N–H and O–H groups in total. The highest BCUT2D eigenvalue weighted by Gasteiger charge is 2.41. The number of phenols is 10. The van der Waals surface area contributed by atoms with Crippen LogP contribution in [0, 0.1) is 0 Å². The van der Waals surface area contributed by atoms with Crippen molar-refractivity contribution >= 4 is 35.1 Å². The van der Waals surface area contributed by atoms with Crippen LogP contribution < -0.4 is 33.8 Å². The first-order valence-electron chi connectivity index (χ1n) is 28.5. The van der Waals surface area contributed by atoms with Crippen LogP contribution in [-0.2, 0) is 4.74 Å². The SMILES string of the molecule is C/C=C/c1ccc(O)c(OC)c1.CCCOC(=O)c1ccc(O)cc1.CCOc1cc(C=O)ccc1O.COc1cc([C@H]2Oc3cc([C@H]4Oc5cc(O)cc(O)c5C(=O)[C@@H]4O)ccc3O[C@@H]2CO)ccc1O.O=c1c(O)c(-c2ccc(O)c(O)c2)oc2cc(O)cc(O)c12.